The number of alkyl halides is 4. The molecule has 0 atom stereocenters. The maximum Gasteiger partial charge on any atom is 0.283 e. The minimum Gasteiger partial charge on any atom is -0.457 e. The monoisotopic (exact) mass is 486 g/mol. The lowest BCUT2D eigenvalue weighted by atomic mass is 10.2. The molecule has 0 saturated carbocycles. The highest BCUT2D eigenvalue weighted by Crippen LogP contribution is 2.35. The lowest BCUT2D eigenvalue weighted by molar-refractivity contribution is -0.384. The molecule has 174 valence electrons. The van der Waals surface area contributed by atoms with Crippen LogP contribution in [-0.2, 0) is 11.3 Å². The number of ether oxygens (including phenoxy) is 1. The summed E-state index contributed by atoms with van der Waals surface area (Å²) in [5.74, 6) is -0.553. The number of hydrogen-bond donors (Lipinski definition) is 1. The van der Waals surface area contributed by atoms with Gasteiger partial charge in [-0.15, -0.1) is 0 Å². The number of aromatic nitrogens is 2. The second-order valence-electron chi connectivity index (χ2n) is 6.78. The zero-order valence-electron chi connectivity index (χ0n) is 16.8. The van der Waals surface area contributed by atoms with Gasteiger partial charge in [-0.05, 0) is 19.1 Å². The van der Waals surface area contributed by atoms with Crippen molar-refractivity contribution in [2.75, 3.05) is 5.32 Å². The Morgan fingerprint density at radius 2 is 1.82 bits per heavy atom. The molecule has 0 aliphatic carbocycles. The van der Waals surface area contributed by atoms with Crippen molar-refractivity contribution in [3.05, 3.63) is 74.6 Å². The molecule has 3 aromatic rings. The van der Waals surface area contributed by atoms with Gasteiger partial charge >= 0.3 is 0 Å². The first-order chi connectivity index (χ1) is 15.5. The third kappa shape index (κ3) is 5.77. The fourth-order valence-corrected chi connectivity index (χ4v) is 3.14. The Balaban J connectivity index is 1.84. The number of benzene rings is 2. The van der Waals surface area contributed by atoms with Crippen LogP contribution in [0.2, 0.25) is 5.02 Å². The van der Waals surface area contributed by atoms with Gasteiger partial charge in [0.25, 0.3) is 18.5 Å². The highest BCUT2D eigenvalue weighted by molar-refractivity contribution is 6.32. The third-order valence-corrected chi connectivity index (χ3v) is 4.69. The van der Waals surface area contributed by atoms with Crippen molar-refractivity contribution in [1.82, 2.24) is 9.78 Å². The second-order valence-corrected chi connectivity index (χ2v) is 7.16. The summed E-state index contributed by atoms with van der Waals surface area (Å²) in [5, 5.41) is 15.9. The lowest BCUT2D eigenvalue weighted by Gasteiger charge is -2.11. The van der Waals surface area contributed by atoms with Gasteiger partial charge in [-0.25, -0.2) is 17.6 Å². The largest absolute Gasteiger partial charge is 0.457 e. The standard InChI is InChI=1S/C20H15ClF4N4O4/c1-10-2-4-13(5-3-10)33-14-7-11(6-12(8-14)29(31)32)26-15(30)9-28-18(20(24)25)16(21)17(27-28)19(22)23/h2-8,19-20H,9H2,1H3,(H,26,30). The minimum absolute atomic E-state index is 0.0266. The number of nitrogens with zero attached hydrogens (tertiary/aromatic N) is 3. The van der Waals surface area contributed by atoms with Gasteiger partial charge in [-0.2, -0.15) is 5.10 Å². The number of carbonyl (C=O) groups excluding carboxylic acids is 1. The minimum atomic E-state index is -3.27. The average molecular weight is 487 g/mol. The molecule has 33 heavy (non-hydrogen) atoms. The van der Waals surface area contributed by atoms with Crippen LogP contribution in [-0.4, -0.2) is 20.6 Å². The molecule has 0 unspecified atom stereocenters. The van der Waals surface area contributed by atoms with Crippen molar-refractivity contribution in [2.24, 2.45) is 0 Å². The van der Waals surface area contributed by atoms with Gasteiger partial charge < -0.3 is 10.1 Å². The summed E-state index contributed by atoms with van der Waals surface area (Å²) in [4.78, 5) is 22.9. The predicted octanol–water partition coefficient (Wildman–Crippen LogP) is 6.06. The van der Waals surface area contributed by atoms with Crippen LogP contribution in [0.25, 0.3) is 0 Å². The number of rotatable bonds is 8. The zero-order chi connectivity index (χ0) is 24.3. The Kier molecular flexibility index (Phi) is 7.16. The predicted molar refractivity (Wildman–Crippen MR) is 110 cm³/mol. The number of non-ortho nitro benzene ring substituents is 1. The van der Waals surface area contributed by atoms with Crippen molar-refractivity contribution in [1.29, 1.82) is 0 Å². The van der Waals surface area contributed by atoms with E-state index in [4.69, 9.17) is 16.3 Å². The Morgan fingerprint density at radius 1 is 1.15 bits per heavy atom. The van der Waals surface area contributed by atoms with Crippen molar-refractivity contribution in [3.63, 3.8) is 0 Å². The number of nitro benzene ring substituents is 1. The van der Waals surface area contributed by atoms with E-state index in [2.05, 4.69) is 10.4 Å². The molecule has 0 radical (unpaired) electrons. The molecule has 0 aliphatic heterocycles. The van der Waals surface area contributed by atoms with Crippen molar-refractivity contribution in [2.45, 2.75) is 26.3 Å². The number of anilines is 1. The third-order valence-electron chi connectivity index (χ3n) is 4.31. The Labute approximate surface area is 188 Å². The van der Waals surface area contributed by atoms with E-state index in [0.717, 1.165) is 17.7 Å². The normalized spacial score (nSPS) is 11.2. The van der Waals surface area contributed by atoms with E-state index >= 15 is 0 Å². The molecule has 0 fully saturated rings. The van der Waals surface area contributed by atoms with Crippen molar-refractivity contribution in [3.8, 4) is 11.5 Å². The second kappa shape index (κ2) is 9.86. The van der Waals surface area contributed by atoms with E-state index in [1.165, 1.54) is 6.07 Å². The van der Waals surface area contributed by atoms with E-state index < -0.39 is 52.3 Å². The van der Waals surface area contributed by atoms with E-state index in [1.807, 2.05) is 6.92 Å². The molecule has 1 aromatic heterocycles. The molecule has 0 aliphatic rings. The molecule has 2 aromatic carbocycles. The topological polar surface area (TPSA) is 99.3 Å². The number of hydrogen-bond acceptors (Lipinski definition) is 5. The molecule has 0 bridgehead atoms. The molecular weight excluding hydrogens is 472 g/mol. The van der Waals surface area contributed by atoms with Gasteiger partial charge in [0.1, 0.15) is 29.4 Å². The van der Waals surface area contributed by atoms with Crippen LogP contribution >= 0.6 is 11.6 Å². The van der Waals surface area contributed by atoms with E-state index in [9.17, 15) is 32.5 Å². The van der Waals surface area contributed by atoms with E-state index in [0.29, 0.717) is 10.4 Å². The van der Waals surface area contributed by atoms with Gasteiger partial charge in [0, 0.05) is 12.1 Å². The summed E-state index contributed by atoms with van der Waals surface area (Å²) in [6.45, 7) is 0.976. The van der Waals surface area contributed by atoms with Gasteiger partial charge in [0.2, 0.25) is 5.91 Å². The molecule has 13 heteroatoms. The molecule has 3 rings (SSSR count). The van der Waals surface area contributed by atoms with Crippen LogP contribution in [0.5, 0.6) is 11.5 Å². The Bertz CT molecular complexity index is 1190. The first-order valence-corrected chi connectivity index (χ1v) is 9.59. The summed E-state index contributed by atoms with van der Waals surface area (Å²) < 4.78 is 58.4. The van der Waals surface area contributed by atoms with Gasteiger partial charge in [0.05, 0.1) is 21.7 Å². The highest BCUT2D eigenvalue weighted by atomic mass is 35.5. The number of halogens is 5. The fraction of sp³-hybridized carbons (Fsp3) is 0.200. The maximum absolute atomic E-state index is 13.3. The molecule has 0 saturated heterocycles. The molecule has 8 nitrogen and oxygen atoms in total. The first kappa shape index (κ1) is 24.0. The van der Waals surface area contributed by atoms with Crippen molar-refractivity contribution >= 4 is 28.9 Å². The van der Waals surface area contributed by atoms with E-state index in [1.54, 1.807) is 24.3 Å². The molecule has 0 spiro atoms. The molecular formula is C20H15ClF4N4O4. The van der Waals surface area contributed by atoms with Crippen LogP contribution < -0.4 is 10.1 Å². The number of amides is 1. The van der Waals surface area contributed by atoms with Crippen LogP contribution in [0, 0.1) is 17.0 Å². The number of aryl methyl sites for hydroxylation is 1. The summed E-state index contributed by atoms with van der Waals surface area (Å²) in [6.07, 6.45) is -6.49. The van der Waals surface area contributed by atoms with Gasteiger partial charge in [-0.1, -0.05) is 29.3 Å². The fourth-order valence-electron chi connectivity index (χ4n) is 2.84. The van der Waals surface area contributed by atoms with Crippen LogP contribution in [0.4, 0.5) is 28.9 Å². The molecule has 1 N–H and O–H groups in total. The van der Waals surface area contributed by atoms with Crippen LogP contribution in [0.15, 0.2) is 42.5 Å². The van der Waals surface area contributed by atoms with Gasteiger partial charge in [0.15, 0.2) is 0 Å². The number of nitro groups is 1. The lowest BCUT2D eigenvalue weighted by Crippen LogP contribution is -2.21. The van der Waals surface area contributed by atoms with E-state index in [-0.39, 0.29) is 11.4 Å². The smallest absolute Gasteiger partial charge is 0.283 e. The number of carbonyl (C=O) groups is 1. The molecule has 1 heterocycles. The first-order valence-electron chi connectivity index (χ1n) is 9.21. The van der Waals surface area contributed by atoms with Crippen LogP contribution in [0.1, 0.15) is 29.8 Å². The SMILES string of the molecule is Cc1ccc(Oc2cc(NC(=O)Cn3nc(C(F)F)c(Cl)c3C(F)F)cc([N+](=O)[O-])c2)cc1. The quantitative estimate of drug-likeness (QED) is 0.237. The number of nitrogens with one attached hydrogen (secondary N) is 1. The highest BCUT2D eigenvalue weighted by Gasteiger charge is 2.28. The summed E-state index contributed by atoms with van der Waals surface area (Å²) in [6, 6.07) is 10.2. The average Bonchev–Trinajstić information content (AvgIpc) is 3.05. The van der Waals surface area contributed by atoms with Crippen LogP contribution in [0.3, 0.4) is 0 Å². The summed E-state index contributed by atoms with van der Waals surface area (Å²) in [7, 11) is 0. The molecule has 1 amide bonds. The Hall–Kier alpha value is -3.67. The van der Waals surface area contributed by atoms with Crippen molar-refractivity contribution < 1.29 is 32.0 Å². The summed E-state index contributed by atoms with van der Waals surface area (Å²) >= 11 is 5.56. The Morgan fingerprint density at radius 3 is 2.39 bits per heavy atom. The maximum atomic E-state index is 13.3. The summed E-state index contributed by atoms with van der Waals surface area (Å²) in [5.41, 5.74) is -1.65. The van der Waals surface area contributed by atoms with Gasteiger partial charge in [-0.3, -0.25) is 19.6 Å². The zero-order valence-corrected chi connectivity index (χ0v) is 17.5.